The molecular weight excluding hydrogens is 262 g/mol. The molecule has 20 heavy (non-hydrogen) atoms. The normalized spacial score (nSPS) is 26.1. The molecule has 0 amide bonds. The van der Waals surface area contributed by atoms with Gasteiger partial charge in [-0.15, -0.1) is 0 Å². The standard InChI is InChI=1S/C18H29NS/c1-4-19-18(16-10-6-5-7-11-16)15(3)20-17-12-8-9-14(2)13-17/h5-7,10-11,14-15,17-19H,4,8-9,12-13H2,1-3H3. The van der Waals surface area contributed by atoms with Crippen molar-refractivity contribution in [3.05, 3.63) is 35.9 Å². The summed E-state index contributed by atoms with van der Waals surface area (Å²) in [6, 6.07) is 11.4. The molecule has 0 saturated heterocycles. The number of rotatable bonds is 6. The molecule has 1 nitrogen and oxygen atoms in total. The van der Waals surface area contributed by atoms with E-state index in [-0.39, 0.29) is 0 Å². The molecule has 0 aromatic heterocycles. The second-order valence-corrected chi connectivity index (χ2v) is 7.86. The molecule has 4 unspecified atom stereocenters. The zero-order chi connectivity index (χ0) is 14.4. The van der Waals surface area contributed by atoms with Gasteiger partial charge >= 0.3 is 0 Å². The molecular formula is C18H29NS. The molecule has 112 valence electrons. The van der Waals surface area contributed by atoms with Gasteiger partial charge in [0.2, 0.25) is 0 Å². The zero-order valence-corrected chi connectivity index (χ0v) is 14.0. The Morgan fingerprint density at radius 3 is 2.65 bits per heavy atom. The van der Waals surface area contributed by atoms with E-state index in [1.165, 1.54) is 31.2 Å². The first-order valence-corrected chi connectivity index (χ1v) is 9.08. The van der Waals surface area contributed by atoms with Crippen LogP contribution in [0.25, 0.3) is 0 Å². The van der Waals surface area contributed by atoms with E-state index in [9.17, 15) is 0 Å². The van der Waals surface area contributed by atoms with Crippen molar-refractivity contribution in [1.82, 2.24) is 5.32 Å². The summed E-state index contributed by atoms with van der Waals surface area (Å²) < 4.78 is 0. The highest BCUT2D eigenvalue weighted by Crippen LogP contribution is 2.37. The molecule has 1 aliphatic rings. The summed E-state index contributed by atoms with van der Waals surface area (Å²) >= 11 is 2.20. The minimum absolute atomic E-state index is 0.475. The van der Waals surface area contributed by atoms with Gasteiger partial charge < -0.3 is 5.32 Å². The average Bonchev–Trinajstić information content (AvgIpc) is 2.45. The van der Waals surface area contributed by atoms with Gasteiger partial charge in [0.05, 0.1) is 0 Å². The lowest BCUT2D eigenvalue weighted by molar-refractivity contribution is 0.392. The van der Waals surface area contributed by atoms with Crippen LogP contribution in [-0.2, 0) is 0 Å². The van der Waals surface area contributed by atoms with Crippen LogP contribution in [0, 0.1) is 5.92 Å². The first kappa shape index (κ1) is 15.9. The molecule has 1 N–H and O–H groups in total. The second kappa shape index (κ2) is 8.09. The summed E-state index contributed by atoms with van der Waals surface area (Å²) in [5.74, 6) is 0.919. The van der Waals surface area contributed by atoms with Crippen LogP contribution in [0.4, 0.5) is 0 Å². The molecule has 4 atom stereocenters. The fourth-order valence-electron chi connectivity index (χ4n) is 3.32. The Morgan fingerprint density at radius 1 is 1.25 bits per heavy atom. The molecule has 0 heterocycles. The minimum atomic E-state index is 0.475. The predicted molar refractivity (Wildman–Crippen MR) is 91.3 cm³/mol. The van der Waals surface area contributed by atoms with Crippen molar-refractivity contribution in [2.24, 2.45) is 5.92 Å². The minimum Gasteiger partial charge on any atom is -0.309 e. The Kier molecular flexibility index (Phi) is 6.44. The summed E-state index contributed by atoms with van der Waals surface area (Å²) in [7, 11) is 0. The van der Waals surface area contributed by atoms with Crippen molar-refractivity contribution in [1.29, 1.82) is 0 Å². The quantitative estimate of drug-likeness (QED) is 0.788. The molecule has 0 radical (unpaired) electrons. The number of hydrogen-bond acceptors (Lipinski definition) is 2. The third kappa shape index (κ3) is 4.53. The van der Waals surface area contributed by atoms with Gasteiger partial charge in [-0.05, 0) is 30.9 Å². The van der Waals surface area contributed by atoms with Crippen molar-refractivity contribution >= 4 is 11.8 Å². The Bertz CT molecular complexity index is 378. The molecule has 1 fully saturated rings. The van der Waals surface area contributed by atoms with Crippen LogP contribution < -0.4 is 5.32 Å². The highest BCUT2D eigenvalue weighted by Gasteiger charge is 2.25. The number of nitrogens with one attached hydrogen (secondary N) is 1. The van der Waals surface area contributed by atoms with Gasteiger partial charge in [0, 0.05) is 16.5 Å². The van der Waals surface area contributed by atoms with Gasteiger partial charge in [-0.3, -0.25) is 0 Å². The summed E-state index contributed by atoms with van der Waals surface area (Å²) in [5.41, 5.74) is 1.43. The fourth-order valence-corrected chi connectivity index (χ4v) is 5.08. The average molecular weight is 292 g/mol. The largest absolute Gasteiger partial charge is 0.309 e. The fraction of sp³-hybridized carbons (Fsp3) is 0.667. The first-order valence-electron chi connectivity index (χ1n) is 8.14. The predicted octanol–water partition coefficient (Wildman–Crippen LogP) is 5.04. The van der Waals surface area contributed by atoms with Crippen LogP contribution in [0.1, 0.15) is 58.1 Å². The Balaban J connectivity index is 1.98. The van der Waals surface area contributed by atoms with Gasteiger partial charge in [-0.25, -0.2) is 0 Å². The third-order valence-corrected chi connectivity index (χ3v) is 5.86. The lowest BCUT2D eigenvalue weighted by atomic mass is 9.90. The summed E-state index contributed by atoms with van der Waals surface area (Å²) in [4.78, 5) is 0. The summed E-state index contributed by atoms with van der Waals surface area (Å²) in [5, 5.41) is 5.17. The molecule has 0 bridgehead atoms. The maximum Gasteiger partial charge on any atom is 0.0437 e. The summed E-state index contributed by atoms with van der Waals surface area (Å²) in [6.07, 6.45) is 5.67. The number of benzene rings is 1. The lowest BCUT2D eigenvalue weighted by Crippen LogP contribution is -2.30. The SMILES string of the molecule is CCNC(c1ccccc1)C(C)SC1CCCC(C)C1. The van der Waals surface area contributed by atoms with E-state index in [0.29, 0.717) is 11.3 Å². The van der Waals surface area contributed by atoms with Crippen molar-refractivity contribution in [2.75, 3.05) is 6.54 Å². The molecule has 1 aliphatic carbocycles. The Morgan fingerprint density at radius 2 is 2.00 bits per heavy atom. The molecule has 0 spiro atoms. The molecule has 1 aromatic carbocycles. The molecule has 2 heteroatoms. The van der Waals surface area contributed by atoms with E-state index in [2.05, 4.69) is 68.2 Å². The van der Waals surface area contributed by atoms with Crippen molar-refractivity contribution in [3.8, 4) is 0 Å². The van der Waals surface area contributed by atoms with Gasteiger partial charge in [0.25, 0.3) is 0 Å². The van der Waals surface area contributed by atoms with Crippen LogP contribution in [0.3, 0.4) is 0 Å². The smallest absolute Gasteiger partial charge is 0.0437 e. The van der Waals surface area contributed by atoms with E-state index >= 15 is 0 Å². The molecule has 1 aromatic rings. The topological polar surface area (TPSA) is 12.0 Å². The van der Waals surface area contributed by atoms with E-state index in [1.807, 2.05) is 0 Å². The highest BCUT2D eigenvalue weighted by molar-refractivity contribution is 8.00. The number of hydrogen-bond donors (Lipinski definition) is 1. The van der Waals surface area contributed by atoms with Gasteiger partial charge in [0.1, 0.15) is 0 Å². The lowest BCUT2D eigenvalue weighted by Gasteiger charge is -2.32. The Hall–Kier alpha value is -0.470. The molecule has 2 rings (SSSR count). The molecule has 0 aliphatic heterocycles. The summed E-state index contributed by atoms with van der Waals surface area (Å²) in [6.45, 7) is 8.04. The van der Waals surface area contributed by atoms with Crippen LogP contribution >= 0.6 is 11.8 Å². The highest BCUT2D eigenvalue weighted by atomic mass is 32.2. The van der Waals surface area contributed by atoms with Gasteiger partial charge in [-0.2, -0.15) is 11.8 Å². The van der Waals surface area contributed by atoms with Crippen LogP contribution in [0.5, 0.6) is 0 Å². The van der Waals surface area contributed by atoms with Gasteiger partial charge in [-0.1, -0.05) is 63.9 Å². The van der Waals surface area contributed by atoms with Gasteiger partial charge in [0.15, 0.2) is 0 Å². The first-order chi connectivity index (χ1) is 9.70. The monoisotopic (exact) mass is 291 g/mol. The van der Waals surface area contributed by atoms with Crippen LogP contribution in [0.15, 0.2) is 30.3 Å². The maximum atomic E-state index is 3.68. The van der Waals surface area contributed by atoms with Crippen LogP contribution in [-0.4, -0.2) is 17.0 Å². The maximum absolute atomic E-state index is 3.68. The second-order valence-electron chi connectivity index (χ2n) is 6.18. The van der Waals surface area contributed by atoms with E-state index in [0.717, 1.165) is 17.7 Å². The van der Waals surface area contributed by atoms with E-state index in [4.69, 9.17) is 0 Å². The van der Waals surface area contributed by atoms with Crippen molar-refractivity contribution in [2.45, 2.75) is 63.0 Å². The van der Waals surface area contributed by atoms with E-state index in [1.54, 1.807) is 0 Å². The zero-order valence-electron chi connectivity index (χ0n) is 13.1. The number of thioether (sulfide) groups is 1. The Labute approximate surface area is 128 Å². The van der Waals surface area contributed by atoms with Crippen LogP contribution in [0.2, 0.25) is 0 Å². The van der Waals surface area contributed by atoms with Crippen molar-refractivity contribution < 1.29 is 0 Å². The third-order valence-electron chi connectivity index (χ3n) is 4.35. The van der Waals surface area contributed by atoms with Crippen molar-refractivity contribution in [3.63, 3.8) is 0 Å². The molecule has 1 saturated carbocycles. The van der Waals surface area contributed by atoms with E-state index < -0.39 is 0 Å².